The summed E-state index contributed by atoms with van der Waals surface area (Å²) in [6.45, 7) is 3.13. The van der Waals surface area contributed by atoms with Crippen molar-refractivity contribution in [3.63, 3.8) is 0 Å². The number of sulfonamides is 1. The van der Waals surface area contributed by atoms with Gasteiger partial charge in [0.15, 0.2) is 0 Å². The van der Waals surface area contributed by atoms with Crippen molar-refractivity contribution >= 4 is 39.1 Å². The van der Waals surface area contributed by atoms with E-state index < -0.39 is 10.0 Å². The van der Waals surface area contributed by atoms with Crippen LogP contribution in [0, 0.1) is 6.92 Å². The molecule has 2 N–H and O–H groups in total. The lowest BCUT2D eigenvalue weighted by Gasteiger charge is -2.26. The third kappa shape index (κ3) is 5.82. The number of hydrogen-bond donors (Lipinski definition) is 2. The first-order valence-corrected chi connectivity index (χ1v) is 11.6. The largest absolute Gasteiger partial charge is 0.379 e. The van der Waals surface area contributed by atoms with Gasteiger partial charge in [0.05, 0.1) is 28.7 Å². The van der Waals surface area contributed by atoms with E-state index in [1.54, 1.807) is 43.3 Å². The summed E-state index contributed by atoms with van der Waals surface area (Å²) >= 11 is 5.99. The average Bonchev–Trinajstić information content (AvgIpc) is 2.76. The van der Waals surface area contributed by atoms with Crippen LogP contribution in [0.15, 0.2) is 47.4 Å². The fourth-order valence-corrected chi connectivity index (χ4v) is 5.02. The number of halogens is 1. The van der Waals surface area contributed by atoms with Crippen molar-refractivity contribution in [1.29, 1.82) is 0 Å². The monoisotopic (exact) mass is 465 g/mol. The van der Waals surface area contributed by atoms with Gasteiger partial charge >= 0.3 is 0 Å². The molecule has 0 spiro atoms. The molecular weight excluding hydrogens is 442 g/mol. The standard InChI is InChI=1S/C21H24ClN3O5S/c1-15-6-7-16(14-19(15)31(28,29)25-10-12-30-13-11-25)24-20(26)8-9-23-21(27)17-4-2-3-5-18(17)22/h2-7,14H,8-13H2,1H3,(H,23,27)(H,24,26). The molecule has 2 amide bonds. The van der Waals surface area contributed by atoms with Crippen LogP contribution in [0.5, 0.6) is 0 Å². The van der Waals surface area contributed by atoms with Crippen LogP contribution in [0.1, 0.15) is 22.3 Å². The zero-order chi connectivity index (χ0) is 22.4. The molecule has 0 aromatic heterocycles. The third-order valence-electron chi connectivity index (χ3n) is 4.82. The van der Waals surface area contributed by atoms with Gasteiger partial charge in [0.25, 0.3) is 5.91 Å². The Bertz CT molecular complexity index is 1070. The highest BCUT2D eigenvalue weighted by Crippen LogP contribution is 2.24. The summed E-state index contributed by atoms with van der Waals surface area (Å²) in [5, 5.41) is 5.66. The third-order valence-corrected chi connectivity index (χ3v) is 7.19. The molecule has 166 valence electrons. The predicted octanol–water partition coefficient (Wildman–Crippen LogP) is 2.43. The molecule has 2 aromatic carbocycles. The molecule has 3 rings (SSSR count). The number of benzene rings is 2. The lowest BCUT2D eigenvalue weighted by Crippen LogP contribution is -2.40. The molecule has 1 aliphatic heterocycles. The number of hydrogen-bond acceptors (Lipinski definition) is 5. The molecule has 0 bridgehead atoms. The lowest BCUT2D eigenvalue weighted by atomic mass is 10.2. The minimum atomic E-state index is -3.68. The van der Waals surface area contributed by atoms with E-state index in [9.17, 15) is 18.0 Å². The summed E-state index contributed by atoms with van der Waals surface area (Å²) in [4.78, 5) is 24.6. The minimum absolute atomic E-state index is 0.0234. The number of morpholine rings is 1. The second-order valence-electron chi connectivity index (χ2n) is 7.03. The molecule has 0 aliphatic carbocycles. The number of ether oxygens (including phenoxy) is 1. The molecule has 0 saturated carbocycles. The van der Waals surface area contributed by atoms with Gasteiger partial charge in [-0.05, 0) is 36.8 Å². The minimum Gasteiger partial charge on any atom is -0.379 e. The highest BCUT2D eigenvalue weighted by Gasteiger charge is 2.28. The fraction of sp³-hybridized carbons (Fsp3) is 0.333. The van der Waals surface area contributed by atoms with Crippen molar-refractivity contribution in [1.82, 2.24) is 9.62 Å². The molecule has 0 radical (unpaired) electrons. The normalized spacial score (nSPS) is 14.8. The zero-order valence-corrected chi connectivity index (χ0v) is 18.6. The molecule has 31 heavy (non-hydrogen) atoms. The molecule has 0 unspecified atom stereocenters. The Balaban J connectivity index is 1.60. The summed E-state index contributed by atoms with van der Waals surface area (Å²) in [5.41, 5.74) is 1.30. The van der Waals surface area contributed by atoms with Crippen LogP contribution in [-0.4, -0.2) is 57.4 Å². The van der Waals surface area contributed by atoms with Gasteiger partial charge in [-0.2, -0.15) is 4.31 Å². The molecule has 2 aromatic rings. The molecule has 0 atom stereocenters. The van der Waals surface area contributed by atoms with Crippen LogP contribution in [-0.2, 0) is 19.6 Å². The maximum absolute atomic E-state index is 13.0. The number of rotatable bonds is 7. The quantitative estimate of drug-likeness (QED) is 0.653. The highest BCUT2D eigenvalue weighted by atomic mass is 35.5. The van der Waals surface area contributed by atoms with E-state index >= 15 is 0 Å². The summed E-state index contributed by atoms with van der Waals surface area (Å²) in [5.74, 6) is -0.717. The Morgan fingerprint density at radius 2 is 1.84 bits per heavy atom. The molecule has 1 heterocycles. The first-order valence-electron chi connectivity index (χ1n) is 9.80. The summed E-state index contributed by atoms with van der Waals surface area (Å²) in [6.07, 6.45) is 0.0234. The van der Waals surface area contributed by atoms with E-state index in [-0.39, 0.29) is 29.7 Å². The number of amides is 2. The Kier molecular flexibility index (Phi) is 7.66. The van der Waals surface area contributed by atoms with Crippen molar-refractivity contribution in [2.45, 2.75) is 18.2 Å². The Hall–Kier alpha value is -2.46. The summed E-state index contributed by atoms with van der Waals surface area (Å²) in [6, 6.07) is 11.4. The van der Waals surface area contributed by atoms with Gasteiger partial charge in [-0.3, -0.25) is 9.59 Å². The van der Waals surface area contributed by atoms with E-state index in [4.69, 9.17) is 16.3 Å². The molecule has 1 saturated heterocycles. The Labute approximate surface area is 186 Å². The molecule has 8 nitrogen and oxygen atoms in total. The first-order chi connectivity index (χ1) is 14.8. The van der Waals surface area contributed by atoms with E-state index in [0.717, 1.165) is 0 Å². The second kappa shape index (κ2) is 10.2. The molecule has 10 heteroatoms. The van der Waals surface area contributed by atoms with Gasteiger partial charge < -0.3 is 15.4 Å². The van der Waals surface area contributed by atoms with Crippen LogP contribution in [0.25, 0.3) is 0 Å². The number of anilines is 1. The summed E-state index contributed by atoms with van der Waals surface area (Å²) in [7, 11) is -3.68. The average molecular weight is 466 g/mol. The van der Waals surface area contributed by atoms with E-state index in [2.05, 4.69) is 10.6 Å². The van der Waals surface area contributed by atoms with Crippen molar-refractivity contribution in [2.24, 2.45) is 0 Å². The van der Waals surface area contributed by atoms with E-state index in [0.29, 0.717) is 48.1 Å². The van der Waals surface area contributed by atoms with E-state index in [1.807, 2.05) is 0 Å². The molecular formula is C21H24ClN3O5S. The molecule has 1 fully saturated rings. The van der Waals surface area contributed by atoms with Gasteiger partial charge in [0, 0.05) is 31.7 Å². The maximum atomic E-state index is 13.0. The smallest absolute Gasteiger partial charge is 0.252 e. The second-order valence-corrected chi connectivity index (χ2v) is 9.34. The summed E-state index contributed by atoms with van der Waals surface area (Å²) < 4.78 is 32.5. The van der Waals surface area contributed by atoms with Gasteiger partial charge in [-0.25, -0.2) is 8.42 Å². The fourth-order valence-electron chi connectivity index (χ4n) is 3.14. The highest BCUT2D eigenvalue weighted by molar-refractivity contribution is 7.89. The lowest BCUT2D eigenvalue weighted by molar-refractivity contribution is -0.116. The Morgan fingerprint density at radius 3 is 2.55 bits per heavy atom. The SMILES string of the molecule is Cc1ccc(NC(=O)CCNC(=O)c2ccccc2Cl)cc1S(=O)(=O)N1CCOCC1. The maximum Gasteiger partial charge on any atom is 0.252 e. The topological polar surface area (TPSA) is 105 Å². The van der Waals surface area contributed by atoms with Crippen molar-refractivity contribution in [3.05, 3.63) is 58.6 Å². The number of nitrogens with zero attached hydrogens (tertiary/aromatic N) is 1. The number of aryl methyl sites for hydroxylation is 1. The van der Waals surface area contributed by atoms with Gasteiger partial charge in [0.1, 0.15) is 0 Å². The predicted molar refractivity (Wildman–Crippen MR) is 118 cm³/mol. The first kappa shape index (κ1) is 23.2. The number of nitrogens with one attached hydrogen (secondary N) is 2. The van der Waals surface area contributed by atoms with Crippen LogP contribution in [0.2, 0.25) is 5.02 Å². The van der Waals surface area contributed by atoms with Crippen LogP contribution >= 0.6 is 11.6 Å². The number of carbonyl (C=O) groups excluding carboxylic acids is 2. The van der Waals surface area contributed by atoms with Crippen molar-refractivity contribution < 1.29 is 22.7 Å². The van der Waals surface area contributed by atoms with Crippen molar-refractivity contribution in [3.8, 4) is 0 Å². The van der Waals surface area contributed by atoms with Crippen LogP contribution < -0.4 is 10.6 Å². The number of carbonyl (C=O) groups is 2. The Morgan fingerprint density at radius 1 is 1.13 bits per heavy atom. The van der Waals surface area contributed by atoms with E-state index in [1.165, 1.54) is 10.4 Å². The molecule has 1 aliphatic rings. The zero-order valence-electron chi connectivity index (χ0n) is 17.1. The van der Waals surface area contributed by atoms with Gasteiger partial charge in [0.2, 0.25) is 15.9 Å². The van der Waals surface area contributed by atoms with Crippen LogP contribution in [0.4, 0.5) is 5.69 Å². The van der Waals surface area contributed by atoms with Gasteiger partial charge in [-0.1, -0.05) is 29.8 Å². The van der Waals surface area contributed by atoms with Crippen LogP contribution in [0.3, 0.4) is 0 Å². The van der Waals surface area contributed by atoms with Crippen molar-refractivity contribution in [2.75, 3.05) is 38.2 Å². The van der Waals surface area contributed by atoms with Gasteiger partial charge in [-0.15, -0.1) is 0 Å².